The summed E-state index contributed by atoms with van der Waals surface area (Å²) in [4.78, 5) is 25.1. The Morgan fingerprint density at radius 2 is 2.00 bits per heavy atom. The van der Waals surface area contributed by atoms with Crippen LogP contribution >= 0.6 is 11.3 Å². The molecule has 0 saturated carbocycles. The van der Waals surface area contributed by atoms with Gasteiger partial charge in [-0.3, -0.25) is 10.1 Å². The van der Waals surface area contributed by atoms with E-state index in [4.69, 9.17) is 10.5 Å². The van der Waals surface area contributed by atoms with Crippen molar-refractivity contribution in [3.8, 4) is 5.75 Å². The molecule has 0 fully saturated rings. The maximum absolute atomic E-state index is 11.4. The van der Waals surface area contributed by atoms with Gasteiger partial charge in [0.2, 0.25) is 5.91 Å². The second-order valence-electron chi connectivity index (χ2n) is 5.41. The summed E-state index contributed by atoms with van der Waals surface area (Å²) >= 11 is 1.67. The number of nitrogens with zero attached hydrogens (tertiary/aromatic N) is 1. The van der Waals surface area contributed by atoms with E-state index in [9.17, 15) is 9.59 Å². The summed E-state index contributed by atoms with van der Waals surface area (Å²) in [6, 6.07) is 11.1. The molecule has 24 heavy (non-hydrogen) atoms. The molecular formula is C17H21N3O3S. The predicted octanol–water partition coefficient (Wildman–Crippen LogP) is 2.34. The molecule has 0 aliphatic heterocycles. The van der Waals surface area contributed by atoms with E-state index in [2.05, 4.69) is 5.32 Å². The van der Waals surface area contributed by atoms with Gasteiger partial charge in [0.05, 0.1) is 0 Å². The third kappa shape index (κ3) is 6.39. The Bertz CT molecular complexity index is 656. The van der Waals surface area contributed by atoms with Crippen molar-refractivity contribution in [2.24, 2.45) is 5.73 Å². The molecule has 1 aromatic carbocycles. The number of imide groups is 1. The third-order valence-corrected chi connectivity index (χ3v) is 4.17. The Labute approximate surface area is 145 Å². The second kappa shape index (κ2) is 9.05. The minimum absolute atomic E-state index is 0.224. The number of carbonyl (C=O) groups is 2. The first-order valence-electron chi connectivity index (χ1n) is 7.55. The highest BCUT2D eigenvalue weighted by Gasteiger charge is 2.07. The van der Waals surface area contributed by atoms with Gasteiger partial charge in [-0.1, -0.05) is 18.2 Å². The highest BCUT2D eigenvalue weighted by molar-refractivity contribution is 7.09. The van der Waals surface area contributed by atoms with Gasteiger partial charge in [-0.15, -0.1) is 11.3 Å². The predicted molar refractivity (Wildman–Crippen MR) is 93.8 cm³/mol. The largest absolute Gasteiger partial charge is 0.488 e. The topological polar surface area (TPSA) is 84.7 Å². The molecule has 0 spiro atoms. The number of nitrogens with two attached hydrogens (primary N) is 1. The van der Waals surface area contributed by atoms with Crippen LogP contribution in [0.3, 0.4) is 0 Å². The van der Waals surface area contributed by atoms with Crippen LogP contribution in [0.2, 0.25) is 0 Å². The number of primary amides is 1. The average molecular weight is 347 g/mol. The standard InChI is InChI=1S/C17H21N3O3S/c1-20(9-8-16(21)19-17(18)22)11-13-4-6-14(7-5-13)23-12-15-3-2-10-24-15/h2-7,10H,8-9,11-12H2,1H3,(H3,18,19,21,22). The van der Waals surface area contributed by atoms with E-state index in [1.165, 1.54) is 4.88 Å². The summed E-state index contributed by atoms with van der Waals surface area (Å²) in [7, 11) is 1.92. The number of ether oxygens (including phenoxy) is 1. The lowest BCUT2D eigenvalue weighted by Gasteiger charge is -2.16. The molecule has 0 atom stereocenters. The molecule has 1 heterocycles. The van der Waals surface area contributed by atoms with Crippen LogP contribution in [0.15, 0.2) is 41.8 Å². The van der Waals surface area contributed by atoms with Gasteiger partial charge >= 0.3 is 6.03 Å². The summed E-state index contributed by atoms with van der Waals surface area (Å²) in [5, 5.41) is 4.08. The lowest BCUT2D eigenvalue weighted by molar-refractivity contribution is -0.120. The number of nitrogens with one attached hydrogen (secondary N) is 1. The average Bonchev–Trinajstić information content (AvgIpc) is 3.05. The van der Waals surface area contributed by atoms with E-state index in [-0.39, 0.29) is 12.3 Å². The zero-order valence-electron chi connectivity index (χ0n) is 13.5. The highest BCUT2D eigenvalue weighted by Crippen LogP contribution is 2.17. The summed E-state index contributed by atoms with van der Waals surface area (Å²) < 4.78 is 5.73. The first-order chi connectivity index (χ1) is 11.5. The van der Waals surface area contributed by atoms with Crippen molar-refractivity contribution < 1.29 is 14.3 Å². The van der Waals surface area contributed by atoms with Crippen LogP contribution in [0.4, 0.5) is 4.79 Å². The summed E-state index contributed by atoms with van der Waals surface area (Å²) in [5.74, 6) is 0.460. The van der Waals surface area contributed by atoms with Gasteiger partial charge < -0.3 is 15.4 Å². The Balaban J connectivity index is 1.74. The molecule has 1 aromatic heterocycles. The number of amides is 3. The van der Waals surface area contributed by atoms with E-state index in [0.717, 1.165) is 11.3 Å². The van der Waals surface area contributed by atoms with E-state index in [1.807, 2.05) is 53.7 Å². The van der Waals surface area contributed by atoms with Gasteiger partial charge in [-0.05, 0) is 36.2 Å². The molecule has 2 aromatic rings. The third-order valence-electron chi connectivity index (χ3n) is 3.32. The van der Waals surface area contributed by atoms with Gasteiger partial charge in [0, 0.05) is 24.4 Å². The highest BCUT2D eigenvalue weighted by atomic mass is 32.1. The van der Waals surface area contributed by atoms with Gasteiger partial charge in [0.25, 0.3) is 0 Å². The first kappa shape index (κ1) is 18.0. The van der Waals surface area contributed by atoms with Crippen molar-refractivity contribution in [2.75, 3.05) is 13.6 Å². The lowest BCUT2D eigenvalue weighted by Crippen LogP contribution is -2.36. The monoisotopic (exact) mass is 347 g/mol. The minimum atomic E-state index is -0.819. The SMILES string of the molecule is CN(CCC(=O)NC(N)=O)Cc1ccc(OCc2cccs2)cc1. The van der Waals surface area contributed by atoms with Crippen LogP contribution < -0.4 is 15.8 Å². The molecule has 0 aliphatic rings. The number of benzene rings is 1. The van der Waals surface area contributed by atoms with E-state index in [0.29, 0.717) is 19.7 Å². The number of carbonyl (C=O) groups excluding carboxylic acids is 2. The Morgan fingerprint density at radius 3 is 2.62 bits per heavy atom. The number of hydrogen-bond acceptors (Lipinski definition) is 5. The Hall–Kier alpha value is -2.38. The molecule has 128 valence electrons. The molecule has 6 nitrogen and oxygen atoms in total. The maximum atomic E-state index is 11.4. The number of urea groups is 1. The van der Waals surface area contributed by atoms with Crippen molar-refractivity contribution in [3.63, 3.8) is 0 Å². The fourth-order valence-corrected chi connectivity index (χ4v) is 2.74. The molecule has 0 aliphatic carbocycles. The fourth-order valence-electron chi connectivity index (χ4n) is 2.12. The normalized spacial score (nSPS) is 10.6. The minimum Gasteiger partial charge on any atom is -0.488 e. The molecular weight excluding hydrogens is 326 g/mol. The van der Waals surface area contributed by atoms with E-state index < -0.39 is 6.03 Å². The second-order valence-corrected chi connectivity index (χ2v) is 6.44. The van der Waals surface area contributed by atoms with Crippen LogP contribution in [-0.4, -0.2) is 30.4 Å². The van der Waals surface area contributed by atoms with Gasteiger partial charge in [0.15, 0.2) is 0 Å². The fraction of sp³-hybridized carbons (Fsp3) is 0.294. The number of hydrogen-bond donors (Lipinski definition) is 2. The Kier molecular flexibility index (Phi) is 6.77. The van der Waals surface area contributed by atoms with Crippen LogP contribution in [0.25, 0.3) is 0 Å². The van der Waals surface area contributed by atoms with E-state index >= 15 is 0 Å². The van der Waals surface area contributed by atoms with Crippen molar-refractivity contribution in [2.45, 2.75) is 19.6 Å². The smallest absolute Gasteiger partial charge is 0.318 e. The molecule has 3 N–H and O–H groups in total. The van der Waals surface area contributed by atoms with Crippen LogP contribution in [0.1, 0.15) is 16.9 Å². The molecule has 0 bridgehead atoms. The zero-order valence-corrected chi connectivity index (χ0v) is 14.3. The lowest BCUT2D eigenvalue weighted by atomic mass is 10.2. The first-order valence-corrected chi connectivity index (χ1v) is 8.43. The maximum Gasteiger partial charge on any atom is 0.318 e. The zero-order chi connectivity index (χ0) is 17.4. The van der Waals surface area contributed by atoms with Crippen molar-refractivity contribution in [1.82, 2.24) is 10.2 Å². The quantitative estimate of drug-likeness (QED) is 0.768. The van der Waals surface area contributed by atoms with Crippen molar-refractivity contribution in [3.05, 3.63) is 52.2 Å². The molecule has 0 unspecified atom stereocenters. The summed E-state index contributed by atoms with van der Waals surface area (Å²) in [6.45, 7) is 1.82. The van der Waals surface area contributed by atoms with E-state index in [1.54, 1.807) is 11.3 Å². The molecule has 7 heteroatoms. The van der Waals surface area contributed by atoms with Gasteiger partial charge in [-0.25, -0.2) is 4.79 Å². The van der Waals surface area contributed by atoms with Gasteiger partial charge in [-0.2, -0.15) is 0 Å². The van der Waals surface area contributed by atoms with Crippen LogP contribution in [0.5, 0.6) is 5.75 Å². The molecule has 0 radical (unpaired) electrons. The van der Waals surface area contributed by atoms with Crippen molar-refractivity contribution >= 4 is 23.3 Å². The van der Waals surface area contributed by atoms with Gasteiger partial charge in [0.1, 0.15) is 12.4 Å². The Morgan fingerprint density at radius 1 is 1.25 bits per heavy atom. The molecule has 0 saturated heterocycles. The van der Waals surface area contributed by atoms with Crippen LogP contribution in [0, 0.1) is 0 Å². The number of thiophene rings is 1. The van der Waals surface area contributed by atoms with Crippen LogP contribution in [-0.2, 0) is 17.9 Å². The van der Waals surface area contributed by atoms with Crippen molar-refractivity contribution in [1.29, 1.82) is 0 Å². The summed E-state index contributed by atoms with van der Waals surface area (Å²) in [6.07, 6.45) is 0.224. The molecule has 3 amide bonds. The number of rotatable bonds is 8. The molecule has 2 rings (SSSR count). The summed E-state index contributed by atoms with van der Waals surface area (Å²) in [5.41, 5.74) is 6.02.